The van der Waals surface area contributed by atoms with Crippen LogP contribution in [0.15, 0.2) is 243 Å². The molecular formula is C56H44N2. The van der Waals surface area contributed by atoms with E-state index in [1.165, 1.54) is 11.1 Å². The normalized spacial score (nSPS) is 11.5. The molecule has 0 saturated carbocycles. The Hall–Kier alpha value is -7.68. The molecule has 0 unspecified atom stereocenters. The van der Waals surface area contributed by atoms with Gasteiger partial charge in [0.1, 0.15) is 0 Å². The topological polar surface area (TPSA) is 6.48 Å². The van der Waals surface area contributed by atoms with Gasteiger partial charge >= 0.3 is 0 Å². The van der Waals surface area contributed by atoms with Gasteiger partial charge in [-0.25, -0.2) is 0 Å². The van der Waals surface area contributed by atoms with Crippen molar-refractivity contribution in [2.75, 3.05) is 9.80 Å². The van der Waals surface area contributed by atoms with Gasteiger partial charge in [-0.2, -0.15) is 0 Å². The number of anilines is 6. The van der Waals surface area contributed by atoms with E-state index in [0.717, 1.165) is 56.4 Å². The fourth-order valence-corrected chi connectivity index (χ4v) is 6.92. The molecule has 0 aliphatic rings. The molecule has 2 nitrogen and oxygen atoms in total. The Morgan fingerprint density at radius 3 is 0.724 bits per heavy atom. The highest BCUT2D eigenvalue weighted by Gasteiger charge is 2.14. The summed E-state index contributed by atoms with van der Waals surface area (Å²) in [6.45, 7) is 0. The molecule has 58 heavy (non-hydrogen) atoms. The van der Waals surface area contributed by atoms with Crippen LogP contribution < -0.4 is 9.80 Å². The van der Waals surface area contributed by atoms with Crippen molar-refractivity contribution >= 4 is 58.4 Å². The van der Waals surface area contributed by atoms with Crippen LogP contribution in [-0.2, 0) is 0 Å². The van der Waals surface area contributed by atoms with Crippen molar-refractivity contribution < 1.29 is 0 Å². The lowest BCUT2D eigenvalue weighted by atomic mass is 10.0. The number of para-hydroxylation sites is 2. The van der Waals surface area contributed by atoms with Crippen LogP contribution in [0, 0.1) is 0 Å². The molecule has 0 fully saturated rings. The summed E-state index contributed by atoms with van der Waals surface area (Å²) < 4.78 is 0. The Morgan fingerprint density at radius 1 is 0.207 bits per heavy atom. The quantitative estimate of drug-likeness (QED) is 0.108. The summed E-state index contributed by atoms with van der Waals surface area (Å²) in [4.78, 5) is 4.60. The predicted molar refractivity (Wildman–Crippen MR) is 250 cm³/mol. The Bertz CT molecular complexity index is 2400. The molecule has 0 radical (unpaired) electrons. The maximum absolute atomic E-state index is 2.30. The first-order valence-corrected chi connectivity index (χ1v) is 19.7. The molecule has 0 saturated heterocycles. The largest absolute Gasteiger partial charge is 0.311 e. The second-order valence-corrected chi connectivity index (χ2v) is 13.9. The molecule has 0 aromatic heterocycles. The van der Waals surface area contributed by atoms with Gasteiger partial charge in [0.25, 0.3) is 0 Å². The molecule has 0 bridgehead atoms. The van der Waals surface area contributed by atoms with E-state index in [1.807, 2.05) is 12.1 Å². The first-order chi connectivity index (χ1) is 28.8. The van der Waals surface area contributed by atoms with E-state index < -0.39 is 0 Å². The van der Waals surface area contributed by atoms with Crippen molar-refractivity contribution in [1.29, 1.82) is 0 Å². The number of rotatable bonds is 13. The van der Waals surface area contributed by atoms with Gasteiger partial charge < -0.3 is 9.80 Å². The Labute approximate surface area is 343 Å². The van der Waals surface area contributed by atoms with Gasteiger partial charge in [-0.15, -0.1) is 0 Å². The number of hydrogen-bond acceptors (Lipinski definition) is 2. The number of benzene rings is 8. The summed E-state index contributed by atoms with van der Waals surface area (Å²) in [5.41, 5.74) is 13.6. The van der Waals surface area contributed by atoms with Crippen LogP contribution in [0.2, 0.25) is 0 Å². The summed E-state index contributed by atoms with van der Waals surface area (Å²) in [6.07, 6.45) is 16.8. The predicted octanol–water partition coefficient (Wildman–Crippen LogP) is 15.7. The molecule has 0 aliphatic carbocycles. The van der Waals surface area contributed by atoms with E-state index in [9.17, 15) is 0 Å². The zero-order valence-electron chi connectivity index (χ0n) is 32.3. The summed E-state index contributed by atoms with van der Waals surface area (Å²) in [5.74, 6) is 0. The summed E-state index contributed by atoms with van der Waals surface area (Å²) in [5, 5.41) is 0. The van der Waals surface area contributed by atoms with Crippen LogP contribution in [0.4, 0.5) is 34.1 Å². The fraction of sp³-hybridized carbons (Fsp3) is 0. The number of hydrogen-bond donors (Lipinski definition) is 0. The van der Waals surface area contributed by atoms with Crippen LogP contribution in [0.3, 0.4) is 0 Å². The van der Waals surface area contributed by atoms with E-state index in [1.54, 1.807) is 0 Å². The second-order valence-electron chi connectivity index (χ2n) is 13.9. The highest BCUT2D eigenvalue weighted by Crippen LogP contribution is 2.38. The summed E-state index contributed by atoms with van der Waals surface area (Å²) in [7, 11) is 0. The summed E-state index contributed by atoms with van der Waals surface area (Å²) in [6, 6.07) is 76.9. The third-order valence-electron chi connectivity index (χ3n) is 9.89. The molecule has 0 aliphatic heterocycles. The average molecular weight is 745 g/mol. The Balaban J connectivity index is 0.994. The third kappa shape index (κ3) is 9.57. The first-order valence-electron chi connectivity index (χ1n) is 19.7. The van der Waals surface area contributed by atoms with Gasteiger partial charge in [-0.3, -0.25) is 0 Å². The number of nitrogens with zero attached hydrogens (tertiary/aromatic N) is 2. The van der Waals surface area contributed by atoms with Gasteiger partial charge in [-0.1, -0.05) is 194 Å². The fourth-order valence-electron chi connectivity index (χ4n) is 6.92. The van der Waals surface area contributed by atoms with Crippen LogP contribution >= 0.6 is 0 Å². The van der Waals surface area contributed by atoms with Crippen molar-refractivity contribution in [3.05, 3.63) is 265 Å². The van der Waals surface area contributed by atoms with Crippen LogP contribution in [0.25, 0.3) is 35.4 Å². The smallest absolute Gasteiger partial charge is 0.0462 e. The SMILES string of the molecule is C(/C=C/c1ccc(N(c2ccccc2)c2ccc(-c3ccc(N(c4ccccc4)c4ccc(/C=C/C=C/c5ccccc5)cc4)cc3)cc2)cc1)=C\c1ccccc1. The standard InChI is InChI=1S/C56H44N2/c1-5-17-45(18-6-1)21-13-15-23-47-29-37-53(38-30-47)57(51-25-9-3-10-26-51)55-41-33-49(34-42-55)50-35-43-56(44-36-50)58(52-27-11-4-12-28-52)54-39-31-48(32-40-54)24-16-14-22-46-19-7-2-8-20-46/h1-44H/b21-13+,22-14+,23-15+,24-16+. The van der Waals surface area contributed by atoms with Gasteiger partial charge in [0.2, 0.25) is 0 Å². The molecular weight excluding hydrogens is 701 g/mol. The van der Waals surface area contributed by atoms with Crippen LogP contribution in [0.5, 0.6) is 0 Å². The number of allylic oxidation sites excluding steroid dienone is 4. The molecule has 0 N–H and O–H groups in total. The molecule has 0 amide bonds. The molecule has 0 spiro atoms. The molecule has 8 aromatic carbocycles. The van der Waals surface area contributed by atoms with Crippen molar-refractivity contribution in [2.45, 2.75) is 0 Å². The lowest BCUT2D eigenvalue weighted by molar-refractivity contribution is 1.28. The lowest BCUT2D eigenvalue weighted by Gasteiger charge is -2.26. The van der Waals surface area contributed by atoms with Crippen molar-refractivity contribution in [1.82, 2.24) is 0 Å². The molecule has 2 heteroatoms. The molecule has 0 atom stereocenters. The average Bonchev–Trinajstić information content (AvgIpc) is 3.30. The second kappa shape index (κ2) is 18.8. The van der Waals surface area contributed by atoms with Crippen LogP contribution in [-0.4, -0.2) is 0 Å². The molecule has 0 heterocycles. The molecule has 8 rings (SSSR count). The Morgan fingerprint density at radius 2 is 0.431 bits per heavy atom. The van der Waals surface area contributed by atoms with E-state index in [2.05, 4.69) is 265 Å². The lowest BCUT2D eigenvalue weighted by Crippen LogP contribution is -2.10. The molecule has 278 valence electrons. The first kappa shape index (κ1) is 37.3. The van der Waals surface area contributed by atoms with Crippen LogP contribution in [0.1, 0.15) is 22.3 Å². The Kier molecular flexibility index (Phi) is 12.1. The minimum atomic E-state index is 1.10. The maximum atomic E-state index is 2.30. The zero-order chi connectivity index (χ0) is 39.2. The van der Waals surface area contributed by atoms with Gasteiger partial charge in [0, 0.05) is 34.1 Å². The van der Waals surface area contributed by atoms with Gasteiger partial charge in [-0.05, 0) is 106 Å². The van der Waals surface area contributed by atoms with Gasteiger partial charge in [0.15, 0.2) is 0 Å². The minimum Gasteiger partial charge on any atom is -0.311 e. The molecule has 8 aromatic rings. The van der Waals surface area contributed by atoms with E-state index in [-0.39, 0.29) is 0 Å². The highest BCUT2D eigenvalue weighted by atomic mass is 15.1. The van der Waals surface area contributed by atoms with Crippen molar-refractivity contribution in [2.24, 2.45) is 0 Å². The minimum absolute atomic E-state index is 1.10. The third-order valence-corrected chi connectivity index (χ3v) is 9.89. The van der Waals surface area contributed by atoms with Crippen molar-refractivity contribution in [3.63, 3.8) is 0 Å². The van der Waals surface area contributed by atoms with E-state index in [4.69, 9.17) is 0 Å². The summed E-state index contributed by atoms with van der Waals surface area (Å²) >= 11 is 0. The van der Waals surface area contributed by atoms with E-state index in [0.29, 0.717) is 0 Å². The van der Waals surface area contributed by atoms with Gasteiger partial charge in [0.05, 0.1) is 0 Å². The highest BCUT2D eigenvalue weighted by molar-refractivity contribution is 5.81. The van der Waals surface area contributed by atoms with E-state index >= 15 is 0 Å². The zero-order valence-corrected chi connectivity index (χ0v) is 32.3. The monoisotopic (exact) mass is 744 g/mol. The maximum Gasteiger partial charge on any atom is 0.0462 e. The van der Waals surface area contributed by atoms with Crippen molar-refractivity contribution in [3.8, 4) is 11.1 Å².